The minimum atomic E-state index is -0.673. The second-order valence-corrected chi connectivity index (χ2v) is 7.00. The number of benzene rings is 1. The van der Waals surface area contributed by atoms with Gasteiger partial charge in [-0.15, -0.1) is 11.3 Å². The molecule has 10 heteroatoms. The van der Waals surface area contributed by atoms with Crippen LogP contribution in [0.25, 0.3) is 0 Å². The molecule has 0 radical (unpaired) electrons. The first-order valence-corrected chi connectivity index (χ1v) is 8.89. The second-order valence-electron chi connectivity index (χ2n) is 5.77. The highest BCUT2D eigenvalue weighted by atomic mass is 32.1. The molecule has 1 heterocycles. The third-order valence-electron chi connectivity index (χ3n) is 3.94. The van der Waals surface area contributed by atoms with Crippen molar-refractivity contribution in [1.29, 1.82) is 0 Å². The molecule has 3 amide bonds. The smallest absolute Gasteiger partial charge is 0.256 e. The molecular formula is C18H21N3O6S. The van der Waals surface area contributed by atoms with Crippen LogP contribution in [0.5, 0.6) is 17.2 Å². The maximum atomic E-state index is 12.7. The topological polar surface area (TPSA) is 143 Å². The second kappa shape index (κ2) is 8.61. The average molecular weight is 407 g/mol. The normalized spacial score (nSPS) is 10.3. The Morgan fingerprint density at radius 1 is 1.07 bits per heavy atom. The van der Waals surface area contributed by atoms with E-state index in [0.717, 1.165) is 10.4 Å². The molecule has 2 rings (SSSR count). The van der Waals surface area contributed by atoms with Crippen LogP contribution in [0.1, 0.15) is 31.2 Å². The van der Waals surface area contributed by atoms with E-state index in [1.165, 1.54) is 37.7 Å². The molecule has 9 nitrogen and oxygen atoms in total. The summed E-state index contributed by atoms with van der Waals surface area (Å²) >= 11 is 1.26. The van der Waals surface area contributed by atoms with Gasteiger partial charge in [-0.05, 0) is 31.5 Å². The molecule has 2 aromatic rings. The van der Waals surface area contributed by atoms with Gasteiger partial charge in [0.25, 0.3) is 17.7 Å². The molecule has 0 saturated carbocycles. The summed E-state index contributed by atoms with van der Waals surface area (Å²) in [5, 5.41) is 3.06. The maximum Gasteiger partial charge on any atom is 0.256 e. The molecule has 1 aromatic heterocycles. The van der Waals surface area contributed by atoms with E-state index in [1.807, 2.05) is 6.92 Å². The molecule has 0 unspecified atom stereocenters. The van der Waals surface area contributed by atoms with Gasteiger partial charge < -0.3 is 31.0 Å². The van der Waals surface area contributed by atoms with E-state index < -0.39 is 17.7 Å². The zero-order valence-electron chi connectivity index (χ0n) is 15.9. The molecule has 0 saturated heterocycles. The van der Waals surface area contributed by atoms with E-state index in [-0.39, 0.29) is 35.0 Å². The fourth-order valence-corrected chi connectivity index (χ4v) is 3.54. The van der Waals surface area contributed by atoms with Crippen LogP contribution in [0, 0.1) is 13.8 Å². The number of carbonyl (C=O) groups is 3. The van der Waals surface area contributed by atoms with Crippen LogP contribution in [0.3, 0.4) is 0 Å². The number of aryl methyl sites for hydroxylation is 1. The molecule has 0 aliphatic rings. The molecule has 0 fully saturated rings. The lowest BCUT2D eigenvalue weighted by Gasteiger charge is -2.15. The first-order valence-electron chi connectivity index (χ1n) is 8.07. The Balaban J connectivity index is 2.40. The zero-order valence-corrected chi connectivity index (χ0v) is 16.7. The van der Waals surface area contributed by atoms with Crippen molar-refractivity contribution < 1.29 is 28.6 Å². The van der Waals surface area contributed by atoms with Gasteiger partial charge in [0.2, 0.25) is 5.75 Å². The Morgan fingerprint density at radius 3 is 2.11 bits per heavy atom. The molecular weight excluding hydrogens is 386 g/mol. The molecule has 150 valence electrons. The van der Waals surface area contributed by atoms with E-state index >= 15 is 0 Å². The maximum absolute atomic E-state index is 12.7. The molecule has 0 aliphatic carbocycles. The highest BCUT2D eigenvalue weighted by Crippen LogP contribution is 2.39. The van der Waals surface area contributed by atoms with Crippen LogP contribution in [0.2, 0.25) is 0 Å². The fraction of sp³-hybridized carbons (Fsp3) is 0.278. The molecule has 0 atom stereocenters. The van der Waals surface area contributed by atoms with E-state index in [4.69, 9.17) is 25.7 Å². The van der Waals surface area contributed by atoms with Crippen LogP contribution < -0.4 is 31.0 Å². The Hall–Kier alpha value is -3.27. The van der Waals surface area contributed by atoms with Crippen molar-refractivity contribution in [3.8, 4) is 17.2 Å². The van der Waals surface area contributed by atoms with Gasteiger partial charge in [0.05, 0.1) is 19.8 Å². The summed E-state index contributed by atoms with van der Waals surface area (Å²) < 4.78 is 15.8. The number of methoxy groups -OCH3 is 2. The third kappa shape index (κ3) is 4.34. The van der Waals surface area contributed by atoms with Crippen LogP contribution in [0.15, 0.2) is 12.1 Å². The summed E-state index contributed by atoms with van der Waals surface area (Å²) in [6.07, 6.45) is 0. The zero-order chi connectivity index (χ0) is 21.0. The third-order valence-corrected chi connectivity index (χ3v) is 5.06. The number of nitrogens with one attached hydrogen (secondary N) is 1. The molecule has 5 N–H and O–H groups in total. The largest absolute Gasteiger partial charge is 0.493 e. The van der Waals surface area contributed by atoms with Crippen LogP contribution >= 0.6 is 11.3 Å². The minimum absolute atomic E-state index is 0.140. The van der Waals surface area contributed by atoms with Crippen molar-refractivity contribution in [1.82, 2.24) is 0 Å². The van der Waals surface area contributed by atoms with Crippen molar-refractivity contribution in [2.75, 3.05) is 26.1 Å². The lowest BCUT2D eigenvalue weighted by atomic mass is 10.1. The number of primary amides is 2. The number of anilines is 1. The molecule has 0 aliphatic heterocycles. The number of hydrogen-bond acceptors (Lipinski definition) is 7. The summed E-state index contributed by atoms with van der Waals surface area (Å²) in [5.41, 5.74) is 11.7. The van der Waals surface area contributed by atoms with Crippen LogP contribution in [0.4, 0.5) is 5.00 Å². The van der Waals surface area contributed by atoms with Gasteiger partial charge in [0.15, 0.2) is 18.1 Å². The number of rotatable bonds is 8. The van der Waals surface area contributed by atoms with Crippen molar-refractivity contribution in [2.24, 2.45) is 11.5 Å². The quantitative estimate of drug-likeness (QED) is 0.606. The van der Waals surface area contributed by atoms with Gasteiger partial charge in [0.1, 0.15) is 5.00 Å². The highest BCUT2D eigenvalue weighted by molar-refractivity contribution is 7.16. The Kier molecular flexibility index (Phi) is 6.47. The standard InChI is InChI=1S/C18H21N3O6S/c1-8-9(2)28-18(14(8)16(20)23)21-17(24)10-5-11(25-3)15(12(6-10)26-4)27-7-13(19)22/h5-6H,7H2,1-4H3,(H2,19,22)(H2,20,23)(H,21,24). The summed E-state index contributed by atoms with van der Waals surface area (Å²) in [6, 6.07) is 2.84. The lowest BCUT2D eigenvalue weighted by Crippen LogP contribution is -2.21. The number of thiophene rings is 1. The van der Waals surface area contributed by atoms with E-state index in [2.05, 4.69) is 5.32 Å². The van der Waals surface area contributed by atoms with Gasteiger partial charge in [-0.1, -0.05) is 0 Å². The predicted molar refractivity (Wildman–Crippen MR) is 104 cm³/mol. The Morgan fingerprint density at radius 2 is 1.64 bits per heavy atom. The molecule has 0 bridgehead atoms. The minimum Gasteiger partial charge on any atom is -0.493 e. The summed E-state index contributed by atoms with van der Waals surface area (Å²) in [6.45, 7) is 3.21. The monoisotopic (exact) mass is 407 g/mol. The average Bonchev–Trinajstić information content (AvgIpc) is 2.92. The van der Waals surface area contributed by atoms with Crippen molar-refractivity contribution in [3.05, 3.63) is 33.7 Å². The summed E-state index contributed by atoms with van der Waals surface area (Å²) in [5.74, 6) is -1.29. The van der Waals surface area contributed by atoms with E-state index in [0.29, 0.717) is 5.00 Å². The van der Waals surface area contributed by atoms with Crippen molar-refractivity contribution in [3.63, 3.8) is 0 Å². The highest BCUT2D eigenvalue weighted by Gasteiger charge is 2.22. The fourth-order valence-electron chi connectivity index (χ4n) is 2.48. The van der Waals surface area contributed by atoms with Gasteiger partial charge in [0, 0.05) is 10.4 Å². The summed E-state index contributed by atoms with van der Waals surface area (Å²) in [4.78, 5) is 36.3. The van der Waals surface area contributed by atoms with Gasteiger partial charge in [-0.3, -0.25) is 14.4 Å². The first kappa shape index (κ1) is 21.0. The van der Waals surface area contributed by atoms with Gasteiger partial charge >= 0.3 is 0 Å². The van der Waals surface area contributed by atoms with Gasteiger partial charge in [-0.25, -0.2) is 0 Å². The molecule has 1 aromatic carbocycles. The number of nitrogens with two attached hydrogens (primary N) is 2. The van der Waals surface area contributed by atoms with E-state index in [1.54, 1.807) is 6.92 Å². The predicted octanol–water partition coefficient (Wildman–Crippen LogP) is 1.60. The van der Waals surface area contributed by atoms with Gasteiger partial charge in [-0.2, -0.15) is 0 Å². The molecule has 0 spiro atoms. The SMILES string of the molecule is COc1cc(C(=O)Nc2sc(C)c(C)c2C(N)=O)cc(OC)c1OCC(N)=O. The van der Waals surface area contributed by atoms with Crippen LogP contribution in [-0.2, 0) is 4.79 Å². The number of amides is 3. The first-order chi connectivity index (χ1) is 13.2. The lowest BCUT2D eigenvalue weighted by molar-refractivity contribution is -0.120. The number of hydrogen-bond donors (Lipinski definition) is 3. The summed E-state index contributed by atoms with van der Waals surface area (Å²) in [7, 11) is 2.76. The van der Waals surface area contributed by atoms with E-state index in [9.17, 15) is 14.4 Å². The Labute approximate surface area is 165 Å². The molecule has 28 heavy (non-hydrogen) atoms. The van der Waals surface area contributed by atoms with Crippen LogP contribution in [-0.4, -0.2) is 38.5 Å². The number of carbonyl (C=O) groups excluding carboxylic acids is 3. The Bertz CT molecular complexity index is 913. The van der Waals surface area contributed by atoms with Crippen molar-refractivity contribution >= 4 is 34.1 Å². The number of ether oxygens (including phenoxy) is 3. The van der Waals surface area contributed by atoms with Crippen molar-refractivity contribution in [2.45, 2.75) is 13.8 Å².